The second kappa shape index (κ2) is 71.1. The van der Waals surface area contributed by atoms with Crippen molar-refractivity contribution in [3.63, 3.8) is 0 Å². The summed E-state index contributed by atoms with van der Waals surface area (Å²) in [7, 11) is 0. The third-order valence-electron chi connectivity index (χ3n) is 24.7. The molecule has 0 heterocycles. The van der Waals surface area contributed by atoms with Gasteiger partial charge in [-0.3, -0.25) is 52.7 Å². The summed E-state index contributed by atoms with van der Waals surface area (Å²) >= 11 is 12.0. The fraction of sp³-hybridized carbons (Fsp3) is 0.559. The number of carboxylic acid groups (broad SMARTS) is 5. The Morgan fingerprint density at radius 3 is 0.959 bits per heavy atom. The lowest BCUT2D eigenvalue weighted by molar-refractivity contribution is -0.142. The molecule has 28 nitrogen and oxygen atoms in total. The van der Waals surface area contributed by atoms with Crippen molar-refractivity contribution in [3.05, 3.63) is 189 Å². The molecular formula is C118H169Cl2N5O23. The van der Waals surface area contributed by atoms with Crippen molar-refractivity contribution in [1.82, 2.24) is 26.6 Å². The molecule has 0 radical (unpaired) electrons. The summed E-state index contributed by atoms with van der Waals surface area (Å²) in [5.74, 6) is -6.16. The standard InChI is InChI=1S/2C27H43NO4.C24H27Cl2NO5.C24H29NO4.C16H27NO6/c2*1-21-15-17-22(18-16-21)13-11-9-7-5-6-8-10-12-14-25(30)28-23(26(31)32)19-20-24(29)27(2,3)4;1-24(2,3)21(28)12-10-19(23(30)31)27-22(29)13-6-15-4-8-17(9-5-15)32-20-11-7-16(25)14-18(20)26;1-16-5-9-18(10-6-16)19-11-7-17(8-12-19)15-22(27)25-20(23(28)29)13-14-21(26)24(2,3)4;1-11(2)15(20)8-10-23-9-4-5-13(19)6-7-14(16(21)22)17-12(3)18/h2*15-18,23H,5-14,19-20H2,1-4H3,(H,28,30)(H,31,32);4-5,7-9,11,14,19H,6,10,12-13H2,1-3H3,(H,27,29)(H,30,31);5-12,20H,13-15H2,1-4H3,(H,25,27)(H,28,29);11,14H,4-10H2,1-3H3,(H,17,18)(H,21,22)/t2*23-;19-;20-;14-/m00000/s1. The molecule has 818 valence electrons. The average Bonchev–Trinajstić information content (AvgIpc) is 0.866. The van der Waals surface area contributed by atoms with Gasteiger partial charge in [0.15, 0.2) is 0 Å². The Morgan fingerprint density at radius 1 is 0.311 bits per heavy atom. The lowest BCUT2D eigenvalue weighted by Crippen LogP contribution is -2.42. The van der Waals surface area contributed by atoms with Crippen LogP contribution in [0.25, 0.3) is 11.1 Å². The van der Waals surface area contributed by atoms with Gasteiger partial charge in [0.05, 0.1) is 18.1 Å². The molecule has 0 aliphatic rings. The number of aliphatic carboxylic acids is 5. The maximum atomic E-state index is 12.3. The molecule has 0 unspecified atom stereocenters. The number of aryl methyl sites for hydroxylation is 6. The van der Waals surface area contributed by atoms with Gasteiger partial charge in [0.2, 0.25) is 29.5 Å². The molecule has 0 saturated heterocycles. The number of nitrogens with one attached hydrogen (secondary N) is 5. The number of Topliss-reactive ketones (excluding diaryl/α,β-unsaturated/α-hetero) is 6. The highest BCUT2D eigenvalue weighted by molar-refractivity contribution is 6.35. The number of carbonyl (C=O) groups excluding carboxylic acids is 11. The Kier molecular flexibility index (Phi) is 63.7. The van der Waals surface area contributed by atoms with E-state index in [1.54, 1.807) is 71.9 Å². The first kappa shape index (κ1) is 132. The molecule has 6 rings (SSSR count). The van der Waals surface area contributed by atoms with Gasteiger partial charge in [-0.2, -0.15) is 0 Å². The van der Waals surface area contributed by atoms with E-state index in [-0.39, 0.29) is 141 Å². The first-order valence-electron chi connectivity index (χ1n) is 52.3. The van der Waals surface area contributed by atoms with Crippen molar-refractivity contribution in [2.24, 2.45) is 27.6 Å². The molecule has 5 amide bonds. The SMILES string of the molecule is CC(=O)N[C@@H](CCC(=O)CCCOCCC(=O)C(C)C)C(=O)O.CC(C)(C)C(=O)CC[C@H](NC(=O)CCc1ccc(Oc2ccc(Cl)cc2Cl)cc1)C(=O)O.Cc1ccc(-c2ccc(CC(=O)N[C@@H](CCC(=O)C(C)(C)C)C(=O)O)cc2)cc1.Cc1ccc(CCCCCCCCCCC(=O)N[C@@H](CCC(=O)C(C)(C)C)C(=O)O)cc1.Cc1ccc(CCCCCCCCCCC(=O)N[C@@H](CCC(=O)C(C)(C)C)C(=O)O)cc1. The van der Waals surface area contributed by atoms with Gasteiger partial charge in [-0.1, -0.05) is 323 Å². The van der Waals surface area contributed by atoms with Crippen LogP contribution in [0.1, 0.15) is 348 Å². The summed E-state index contributed by atoms with van der Waals surface area (Å²) in [6.45, 7) is 33.5. The van der Waals surface area contributed by atoms with Crippen LogP contribution in [0.3, 0.4) is 0 Å². The average molecular weight is 2100 g/mol. The Labute approximate surface area is 888 Å². The van der Waals surface area contributed by atoms with Gasteiger partial charge in [-0.25, -0.2) is 24.0 Å². The predicted octanol–water partition coefficient (Wildman–Crippen LogP) is 23.2. The van der Waals surface area contributed by atoms with Crippen LogP contribution in [0, 0.1) is 48.3 Å². The Hall–Kier alpha value is -11.6. The zero-order valence-electron chi connectivity index (χ0n) is 91.0. The number of amides is 5. The summed E-state index contributed by atoms with van der Waals surface area (Å²) in [6.07, 6.45) is 24.0. The van der Waals surface area contributed by atoms with Gasteiger partial charge in [0.1, 0.15) is 76.4 Å². The molecule has 0 aromatic heterocycles. The molecule has 0 aliphatic heterocycles. The van der Waals surface area contributed by atoms with Crippen LogP contribution in [0.15, 0.2) is 140 Å². The lowest BCUT2D eigenvalue weighted by atomic mass is 9.87. The fourth-order valence-corrected chi connectivity index (χ4v) is 15.3. The highest BCUT2D eigenvalue weighted by atomic mass is 35.5. The molecular weight excluding hydrogens is 1930 g/mol. The van der Waals surface area contributed by atoms with E-state index in [1.807, 2.05) is 123 Å². The van der Waals surface area contributed by atoms with E-state index in [2.05, 4.69) is 89.0 Å². The van der Waals surface area contributed by atoms with Crippen molar-refractivity contribution in [2.75, 3.05) is 13.2 Å². The summed E-state index contributed by atoms with van der Waals surface area (Å²) in [5.41, 5.74) is 8.44. The monoisotopic (exact) mass is 2090 g/mol. The van der Waals surface area contributed by atoms with Crippen LogP contribution in [-0.4, -0.2) is 163 Å². The number of ether oxygens (including phenoxy) is 2. The van der Waals surface area contributed by atoms with Crippen LogP contribution in [0.2, 0.25) is 10.0 Å². The van der Waals surface area contributed by atoms with Crippen LogP contribution < -0.4 is 31.3 Å². The minimum absolute atomic E-state index is 0.00553. The van der Waals surface area contributed by atoms with Crippen LogP contribution in [0.4, 0.5) is 0 Å². The number of halogens is 2. The molecule has 0 saturated carbocycles. The van der Waals surface area contributed by atoms with Crippen LogP contribution in [-0.2, 0) is 107 Å². The quantitative estimate of drug-likeness (QED) is 0.0159. The second-order valence-electron chi connectivity index (χ2n) is 42.6. The van der Waals surface area contributed by atoms with Crippen molar-refractivity contribution in [3.8, 4) is 22.6 Å². The molecule has 0 spiro atoms. The van der Waals surface area contributed by atoms with Gasteiger partial charge in [-0.05, 0) is 168 Å². The maximum absolute atomic E-state index is 12.3. The molecule has 0 aliphatic carbocycles. The first-order valence-corrected chi connectivity index (χ1v) is 53.0. The normalized spacial score (nSPS) is 12.2. The number of hydrogen-bond acceptors (Lipinski definition) is 18. The topological polar surface area (TPSA) is 453 Å². The number of hydrogen-bond donors (Lipinski definition) is 10. The van der Waals surface area contributed by atoms with E-state index in [0.29, 0.717) is 73.3 Å². The van der Waals surface area contributed by atoms with E-state index in [1.165, 1.54) is 98.9 Å². The van der Waals surface area contributed by atoms with Gasteiger partial charge in [-0.15, -0.1) is 0 Å². The highest BCUT2D eigenvalue weighted by Gasteiger charge is 2.31. The minimum atomic E-state index is -1.15. The van der Waals surface area contributed by atoms with E-state index in [0.717, 1.165) is 73.6 Å². The van der Waals surface area contributed by atoms with Crippen LogP contribution >= 0.6 is 23.2 Å². The van der Waals surface area contributed by atoms with Crippen molar-refractivity contribution < 1.29 is 112 Å². The van der Waals surface area contributed by atoms with Crippen molar-refractivity contribution in [1.29, 1.82) is 0 Å². The van der Waals surface area contributed by atoms with Gasteiger partial charge >= 0.3 is 29.8 Å². The highest BCUT2D eigenvalue weighted by Crippen LogP contribution is 2.33. The van der Waals surface area contributed by atoms with Gasteiger partial charge in [0.25, 0.3) is 0 Å². The van der Waals surface area contributed by atoms with Crippen molar-refractivity contribution in [2.45, 2.75) is 386 Å². The van der Waals surface area contributed by atoms with Gasteiger partial charge in [0, 0.05) is 110 Å². The molecule has 6 aromatic rings. The maximum Gasteiger partial charge on any atom is 0.326 e. The lowest BCUT2D eigenvalue weighted by Gasteiger charge is -2.19. The smallest absolute Gasteiger partial charge is 0.326 e. The molecule has 10 N–H and O–H groups in total. The zero-order chi connectivity index (χ0) is 111. The van der Waals surface area contributed by atoms with E-state index >= 15 is 0 Å². The van der Waals surface area contributed by atoms with E-state index < -0.39 is 87.6 Å². The number of carbonyl (C=O) groups is 16. The summed E-state index contributed by atoms with van der Waals surface area (Å²) < 4.78 is 11.0. The largest absolute Gasteiger partial charge is 0.480 e. The van der Waals surface area contributed by atoms with E-state index in [4.69, 9.17) is 37.8 Å². The Balaban J connectivity index is 0.000000628. The van der Waals surface area contributed by atoms with Crippen LogP contribution in [0.5, 0.6) is 11.5 Å². The number of carboxylic acids is 5. The number of ketones is 6. The summed E-state index contributed by atoms with van der Waals surface area (Å²) in [6, 6.07) is 40.3. The summed E-state index contributed by atoms with van der Waals surface area (Å²) in [5, 5.41) is 59.7. The number of unbranched alkanes of at least 4 members (excludes halogenated alkanes) is 14. The third kappa shape index (κ3) is 62.0. The molecule has 6 aromatic carbocycles. The zero-order valence-corrected chi connectivity index (χ0v) is 92.5. The minimum Gasteiger partial charge on any atom is -0.480 e. The molecule has 30 heteroatoms. The summed E-state index contributed by atoms with van der Waals surface area (Å²) in [4.78, 5) is 187. The molecule has 5 atom stereocenters. The molecule has 0 fully saturated rings. The van der Waals surface area contributed by atoms with E-state index in [9.17, 15) is 97.1 Å². The molecule has 148 heavy (non-hydrogen) atoms. The van der Waals surface area contributed by atoms with Gasteiger partial charge < -0.3 is 61.6 Å². The van der Waals surface area contributed by atoms with Crippen molar-refractivity contribution >= 4 is 117 Å². The first-order chi connectivity index (χ1) is 69.4. The fourth-order valence-electron chi connectivity index (χ4n) is 14.8. The second-order valence-corrected chi connectivity index (χ2v) is 43.5. The molecule has 0 bridgehead atoms. The number of rotatable bonds is 63. The Morgan fingerprint density at radius 2 is 0.615 bits per heavy atom. The predicted molar refractivity (Wildman–Crippen MR) is 582 cm³/mol. The third-order valence-corrected chi connectivity index (χ3v) is 25.2. The number of benzene rings is 6. The Bertz CT molecular complexity index is 4980.